The summed E-state index contributed by atoms with van der Waals surface area (Å²) in [5.74, 6) is 1.34. The molecule has 4 rings (SSSR count). The number of nitrogens with one attached hydrogen (secondary N) is 1. The minimum Gasteiger partial charge on any atom is -0.497 e. The monoisotopic (exact) mass is 451 g/mol. The van der Waals surface area contributed by atoms with Crippen molar-refractivity contribution in [2.24, 2.45) is 0 Å². The van der Waals surface area contributed by atoms with E-state index < -0.39 is 0 Å². The summed E-state index contributed by atoms with van der Waals surface area (Å²) in [5, 5.41) is 4.78. The first-order valence-corrected chi connectivity index (χ1v) is 10.7. The largest absolute Gasteiger partial charge is 0.497 e. The molecule has 2 aromatic carbocycles. The molecule has 0 unspecified atom stereocenters. The van der Waals surface area contributed by atoms with E-state index in [1.54, 1.807) is 25.4 Å². The Morgan fingerprint density at radius 3 is 2.71 bits per heavy atom. The molecule has 9 heteroatoms. The van der Waals surface area contributed by atoms with Crippen molar-refractivity contribution in [3.63, 3.8) is 0 Å². The van der Waals surface area contributed by atoms with Crippen molar-refractivity contribution in [1.29, 1.82) is 0 Å². The molecule has 0 aliphatic heterocycles. The number of methoxy groups -OCH3 is 1. The van der Waals surface area contributed by atoms with Gasteiger partial charge in [-0.2, -0.15) is 0 Å². The van der Waals surface area contributed by atoms with Gasteiger partial charge in [0.25, 0.3) is 0 Å². The number of rotatable bonds is 6. The van der Waals surface area contributed by atoms with Gasteiger partial charge in [-0.1, -0.05) is 29.4 Å². The predicted molar refractivity (Wildman–Crippen MR) is 123 cm³/mol. The average Bonchev–Trinajstić information content (AvgIpc) is 2.79. The van der Waals surface area contributed by atoms with Crippen LogP contribution >= 0.6 is 23.4 Å². The molecule has 1 amide bonds. The lowest BCUT2D eigenvalue weighted by atomic mass is 10.2. The number of carbonyl (C=O) groups is 1. The number of ether oxygens (including phenoxy) is 1. The molecular formula is C22H18ClN5O2S. The molecule has 0 bridgehead atoms. The second kappa shape index (κ2) is 9.28. The standard InChI is InChI=1S/C22H18ClN5O2S/c1-13-3-6-15(23)9-18(13)27-19(29)11-31-22-17-10-24-20(28-21(17)25-12-26-22)14-4-7-16(30-2)8-5-14/h3-10,12H,11H2,1-2H3,(H,27,29). The maximum absolute atomic E-state index is 12.4. The van der Waals surface area contributed by atoms with Gasteiger partial charge in [0.05, 0.1) is 18.2 Å². The van der Waals surface area contributed by atoms with Gasteiger partial charge >= 0.3 is 0 Å². The SMILES string of the molecule is COc1ccc(-c2ncc3c(SCC(=O)Nc4cc(Cl)ccc4C)ncnc3n2)cc1. The summed E-state index contributed by atoms with van der Waals surface area (Å²) >= 11 is 7.32. The van der Waals surface area contributed by atoms with Crippen LogP contribution in [0.25, 0.3) is 22.4 Å². The molecule has 0 saturated heterocycles. The van der Waals surface area contributed by atoms with E-state index in [1.807, 2.05) is 37.3 Å². The molecule has 7 nitrogen and oxygen atoms in total. The number of amides is 1. The predicted octanol–water partition coefficient (Wildman–Crippen LogP) is 4.79. The number of hydrogen-bond donors (Lipinski definition) is 1. The van der Waals surface area contributed by atoms with Crippen molar-refractivity contribution in [3.05, 3.63) is 65.6 Å². The van der Waals surface area contributed by atoms with Crippen LogP contribution in [0, 0.1) is 6.92 Å². The number of aryl methyl sites for hydroxylation is 1. The molecule has 31 heavy (non-hydrogen) atoms. The van der Waals surface area contributed by atoms with Gasteiger partial charge in [-0.3, -0.25) is 4.79 Å². The topological polar surface area (TPSA) is 89.9 Å². The summed E-state index contributed by atoms with van der Waals surface area (Å²) in [6.45, 7) is 1.91. The number of nitrogens with zero attached hydrogens (tertiary/aromatic N) is 4. The van der Waals surface area contributed by atoms with Crippen LogP contribution in [0.3, 0.4) is 0 Å². The van der Waals surface area contributed by atoms with Gasteiger partial charge < -0.3 is 10.1 Å². The van der Waals surface area contributed by atoms with Gasteiger partial charge in [-0.25, -0.2) is 19.9 Å². The molecule has 4 aromatic rings. The van der Waals surface area contributed by atoms with E-state index in [9.17, 15) is 4.79 Å². The fourth-order valence-corrected chi connectivity index (χ4v) is 3.80. The Kier molecular flexibility index (Phi) is 6.29. The summed E-state index contributed by atoms with van der Waals surface area (Å²) in [6, 6.07) is 12.9. The molecule has 0 fully saturated rings. The van der Waals surface area contributed by atoms with Crippen LogP contribution in [0.4, 0.5) is 5.69 Å². The van der Waals surface area contributed by atoms with Crippen LogP contribution in [0.1, 0.15) is 5.56 Å². The third kappa shape index (κ3) is 4.92. The zero-order chi connectivity index (χ0) is 21.8. The summed E-state index contributed by atoms with van der Waals surface area (Å²) in [6.07, 6.45) is 3.12. The van der Waals surface area contributed by atoms with Crippen molar-refractivity contribution < 1.29 is 9.53 Å². The third-order valence-corrected chi connectivity index (χ3v) is 5.76. The molecule has 0 atom stereocenters. The third-order valence-electron chi connectivity index (χ3n) is 4.52. The van der Waals surface area contributed by atoms with E-state index in [1.165, 1.54) is 18.1 Å². The number of halogens is 1. The van der Waals surface area contributed by atoms with Crippen molar-refractivity contribution in [2.75, 3.05) is 18.2 Å². The first-order valence-electron chi connectivity index (χ1n) is 9.34. The Labute approximate surface area is 188 Å². The van der Waals surface area contributed by atoms with Crippen LogP contribution < -0.4 is 10.1 Å². The number of thioether (sulfide) groups is 1. The molecule has 156 valence electrons. The van der Waals surface area contributed by atoms with Crippen molar-refractivity contribution >= 4 is 46.0 Å². The van der Waals surface area contributed by atoms with Crippen molar-refractivity contribution in [3.8, 4) is 17.1 Å². The van der Waals surface area contributed by atoms with Crippen LogP contribution in [0.2, 0.25) is 5.02 Å². The lowest BCUT2D eigenvalue weighted by molar-refractivity contribution is -0.113. The molecule has 0 aliphatic rings. The first-order chi connectivity index (χ1) is 15.0. The zero-order valence-electron chi connectivity index (χ0n) is 16.8. The number of aromatic nitrogens is 4. The van der Waals surface area contributed by atoms with E-state index in [0.29, 0.717) is 32.6 Å². The molecule has 1 N–H and O–H groups in total. The molecule has 2 aromatic heterocycles. The first kappa shape index (κ1) is 21.0. The highest BCUT2D eigenvalue weighted by Gasteiger charge is 2.12. The van der Waals surface area contributed by atoms with E-state index in [4.69, 9.17) is 16.3 Å². The van der Waals surface area contributed by atoms with Crippen molar-refractivity contribution in [2.45, 2.75) is 11.9 Å². The minimum absolute atomic E-state index is 0.155. The van der Waals surface area contributed by atoms with Gasteiger partial charge in [-0.15, -0.1) is 0 Å². The molecule has 2 heterocycles. The number of anilines is 1. The lowest BCUT2D eigenvalue weighted by Crippen LogP contribution is -2.15. The minimum atomic E-state index is -0.155. The quantitative estimate of drug-likeness (QED) is 0.333. The maximum atomic E-state index is 12.4. The Morgan fingerprint density at radius 2 is 1.94 bits per heavy atom. The molecule has 0 aliphatic carbocycles. The lowest BCUT2D eigenvalue weighted by Gasteiger charge is -2.09. The second-order valence-electron chi connectivity index (χ2n) is 6.63. The zero-order valence-corrected chi connectivity index (χ0v) is 18.4. The summed E-state index contributed by atoms with van der Waals surface area (Å²) in [7, 11) is 1.62. The van der Waals surface area contributed by atoms with Gasteiger partial charge in [0, 0.05) is 22.5 Å². The Bertz CT molecular complexity index is 1250. The molecule has 0 radical (unpaired) electrons. The fourth-order valence-electron chi connectivity index (χ4n) is 2.87. The summed E-state index contributed by atoms with van der Waals surface area (Å²) in [4.78, 5) is 30.0. The van der Waals surface area contributed by atoms with Crippen LogP contribution in [-0.2, 0) is 4.79 Å². The summed E-state index contributed by atoms with van der Waals surface area (Å²) in [5.41, 5.74) is 3.00. The Morgan fingerprint density at radius 1 is 1.13 bits per heavy atom. The Hall–Kier alpha value is -3.23. The van der Waals surface area contributed by atoms with Gasteiger partial charge in [0.15, 0.2) is 11.5 Å². The van der Waals surface area contributed by atoms with E-state index >= 15 is 0 Å². The van der Waals surface area contributed by atoms with Gasteiger partial charge in [-0.05, 0) is 48.9 Å². The van der Waals surface area contributed by atoms with E-state index in [0.717, 1.165) is 16.9 Å². The Balaban J connectivity index is 1.50. The van der Waals surface area contributed by atoms with Gasteiger partial charge in [0.2, 0.25) is 5.91 Å². The second-order valence-corrected chi connectivity index (χ2v) is 8.03. The van der Waals surface area contributed by atoms with Crippen LogP contribution in [-0.4, -0.2) is 38.7 Å². The molecule has 0 saturated carbocycles. The number of fused-ring (bicyclic) bond motifs is 1. The van der Waals surface area contributed by atoms with E-state index in [-0.39, 0.29) is 11.7 Å². The van der Waals surface area contributed by atoms with Crippen LogP contribution in [0.15, 0.2) is 60.0 Å². The highest BCUT2D eigenvalue weighted by Crippen LogP contribution is 2.26. The fraction of sp³-hybridized carbons (Fsp3) is 0.136. The number of hydrogen-bond acceptors (Lipinski definition) is 7. The van der Waals surface area contributed by atoms with Crippen molar-refractivity contribution in [1.82, 2.24) is 19.9 Å². The van der Waals surface area contributed by atoms with Gasteiger partial charge in [0.1, 0.15) is 17.1 Å². The molecular weight excluding hydrogens is 434 g/mol. The van der Waals surface area contributed by atoms with E-state index in [2.05, 4.69) is 25.3 Å². The summed E-state index contributed by atoms with van der Waals surface area (Å²) < 4.78 is 5.18. The number of carbonyl (C=O) groups excluding carboxylic acids is 1. The highest BCUT2D eigenvalue weighted by atomic mass is 35.5. The normalized spacial score (nSPS) is 10.8. The molecule has 0 spiro atoms. The smallest absolute Gasteiger partial charge is 0.234 e. The highest BCUT2D eigenvalue weighted by molar-refractivity contribution is 8.00. The van der Waals surface area contributed by atoms with Crippen LogP contribution in [0.5, 0.6) is 5.75 Å². The average molecular weight is 452 g/mol. The number of benzene rings is 2. The maximum Gasteiger partial charge on any atom is 0.234 e.